The largest absolute Gasteiger partial charge is 0.361 e. The highest BCUT2D eigenvalue weighted by Gasteiger charge is 2.19. The maximum Gasteiger partial charge on any atom is 0.190 e. The minimum Gasteiger partial charge on any atom is -0.361 e. The molecule has 30 heavy (non-hydrogen) atoms. The zero-order chi connectivity index (χ0) is 19.9. The summed E-state index contributed by atoms with van der Waals surface area (Å²) < 4.78 is 0. The molecule has 0 amide bonds. The molecule has 7 heteroatoms. The van der Waals surface area contributed by atoms with Crippen molar-refractivity contribution in [2.24, 2.45) is 10.9 Å². The van der Waals surface area contributed by atoms with Crippen LogP contribution in [0.5, 0.6) is 0 Å². The van der Waals surface area contributed by atoms with E-state index in [1.54, 1.807) is 0 Å². The van der Waals surface area contributed by atoms with Crippen molar-refractivity contribution in [1.29, 1.82) is 0 Å². The number of piperidine rings is 1. The van der Waals surface area contributed by atoms with E-state index in [9.17, 15) is 0 Å². The van der Waals surface area contributed by atoms with Gasteiger partial charge in [0.2, 0.25) is 0 Å². The molecular formula is C23H32IN5S. The summed E-state index contributed by atoms with van der Waals surface area (Å²) in [5.41, 5.74) is 2.55. The fourth-order valence-electron chi connectivity index (χ4n) is 4.09. The normalized spacial score (nSPS) is 15.8. The molecule has 4 rings (SSSR count). The van der Waals surface area contributed by atoms with Crippen LogP contribution in [0.25, 0.3) is 10.9 Å². The summed E-state index contributed by atoms with van der Waals surface area (Å²) in [5.74, 6) is 1.63. The third-order valence-electron chi connectivity index (χ3n) is 5.81. The summed E-state index contributed by atoms with van der Waals surface area (Å²) >= 11 is 1.86. The minimum absolute atomic E-state index is 0. The Bertz CT molecular complexity index is 913. The van der Waals surface area contributed by atoms with E-state index in [0.29, 0.717) is 0 Å². The van der Waals surface area contributed by atoms with Gasteiger partial charge in [-0.05, 0) is 61.3 Å². The Kier molecular flexibility index (Phi) is 9.02. The van der Waals surface area contributed by atoms with Crippen molar-refractivity contribution < 1.29 is 0 Å². The third-order valence-corrected chi connectivity index (χ3v) is 6.67. The predicted octanol–water partition coefficient (Wildman–Crippen LogP) is 4.47. The van der Waals surface area contributed by atoms with Crippen molar-refractivity contribution in [3.05, 3.63) is 58.4 Å². The van der Waals surface area contributed by atoms with Crippen molar-refractivity contribution in [1.82, 2.24) is 20.5 Å². The molecule has 1 aromatic carbocycles. The number of H-pyrrole nitrogens is 1. The average molecular weight is 538 g/mol. The average Bonchev–Trinajstić information content (AvgIpc) is 3.42. The van der Waals surface area contributed by atoms with Gasteiger partial charge in [0.25, 0.3) is 0 Å². The summed E-state index contributed by atoms with van der Waals surface area (Å²) in [6.07, 6.45) is 5.60. The number of nitrogens with zero attached hydrogens (tertiary/aromatic N) is 2. The highest BCUT2D eigenvalue weighted by molar-refractivity contribution is 14.0. The van der Waals surface area contributed by atoms with Gasteiger partial charge in [0.1, 0.15) is 0 Å². The van der Waals surface area contributed by atoms with Crippen molar-refractivity contribution in [2.75, 3.05) is 33.2 Å². The Morgan fingerprint density at radius 2 is 2.00 bits per heavy atom. The van der Waals surface area contributed by atoms with Crippen molar-refractivity contribution in [2.45, 2.75) is 25.8 Å². The fourth-order valence-corrected chi connectivity index (χ4v) is 4.83. The first-order chi connectivity index (χ1) is 14.3. The Morgan fingerprint density at radius 3 is 2.77 bits per heavy atom. The summed E-state index contributed by atoms with van der Waals surface area (Å²) in [7, 11) is 1.85. The number of thiophene rings is 1. The molecule has 1 aliphatic heterocycles. The van der Waals surface area contributed by atoms with Gasteiger partial charge in [0, 0.05) is 48.7 Å². The van der Waals surface area contributed by atoms with Gasteiger partial charge in [0.15, 0.2) is 5.96 Å². The fraction of sp³-hybridized carbons (Fsp3) is 0.435. The molecule has 0 spiro atoms. The molecule has 0 aliphatic carbocycles. The molecule has 1 saturated heterocycles. The first-order valence-electron chi connectivity index (χ1n) is 10.6. The number of hydrogen-bond acceptors (Lipinski definition) is 3. The van der Waals surface area contributed by atoms with E-state index in [-0.39, 0.29) is 24.0 Å². The molecule has 2 aromatic heterocycles. The lowest BCUT2D eigenvalue weighted by atomic mass is 9.97. The van der Waals surface area contributed by atoms with Crippen LogP contribution in [0, 0.1) is 5.92 Å². The zero-order valence-corrected chi connectivity index (χ0v) is 20.7. The second-order valence-corrected chi connectivity index (χ2v) is 8.82. The molecule has 162 valence electrons. The lowest BCUT2D eigenvalue weighted by Gasteiger charge is -2.32. The number of aromatic nitrogens is 1. The molecule has 0 unspecified atom stereocenters. The Morgan fingerprint density at radius 1 is 1.17 bits per heavy atom. The molecule has 3 aromatic rings. The van der Waals surface area contributed by atoms with Gasteiger partial charge in [-0.1, -0.05) is 24.3 Å². The van der Waals surface area contributed by atoms with Crippen molar-refractivity contribution >= 4 is 52.2 Å². The zero-order valence-electron chi connectivity index (χ0n) is 17.6. The lowest BCUT2D eigenvalue weighted by molar-refractivity contribution is 0.179. The van der Waals surface area contributed by atoms with E-state index in [2.05, 4.69) is 73.5 Å². The smallest absolute Gasteiger partial charge is 0.190 e. The van der Waals surface area contributed by atoms with E-state index >= 15 is 0 Å². The van der Waals surface area contributed by atoms with E-state index < -0.39 is 0 Å². The molecule has 5 nitrogen and oxygen atoms in total. The number of rotatable bonds is 7. The van der Waals surface area contributed by atoms with Crippen LogP contribution in [0.3, 0.4) is 0 Å². The van der Waals surface area contributed by atoms with Gasteiger partial charge in [-0.25, -0.2) is 0 Å². The number of guanidine groups is 1. The predicted molar refractivity (Wildman–Crippen MR) is 139 cm³/mol. The molecule has 0 atom stereocenters. The molecule has 1 fully saturated rings. The molecule has 3 heterocycles. The van der Waals surface area contributed by atoms with Crippen molar-refractivity contribution in [3.63, 3.8) is 0 Å². The number of hydrogen-bond donors (Lipinski definition) is 3. The van der Waals surface area contributed by atoms with E-state index in [0.717, 1.165) is 37.9 Å². The summed E-state index contributed by atoms with van der Waals surface area (Å²) in [6, 6.07) is 12.9. The highest BCUT2D eigenvalue weighted by Crippen LogP contribution is 2.20. The number of aromatic amines is 1. The summed E-state index contributed by atoms with van der Waals surface area (Å²) in [5, 5.41) is 10.5. The second-order valence-electron chi connectivity index (χ2n) is 7.79. The number of nitrogens with one attached hydrogen (secondary N) is 3. The molecule has 0 bridgehead atoms. The molecular weight excluding hydrogens is 505 g/mol. The lowest BCUT2D eigenvalue weighted by Crippen LogP contribution is -2.43. The van der Waals surface area contributed by atoms with Gasteiger partial charge in [-0.2, -0.15) is 0 Å². The Hall–Kier alpha value is -1.58. The SMILES string of the molecule is CN=C(NCCc1c[nH]c2ccccc12)NCC1CCN(Cc2cccs2)CC1.I. The molecule has 3 N–H and O–H groups in total. The van der Waals surface area contributed by atoms with E-state index in [1.165, 1.54) is 47.3 Å². The Labute approximate surface area is 200 Å². The van der Waals surface area contributed by atoms with Crippen LogP contribution in [-0.4, -0.2) is 49.1 Å². The number of para-hydroxylation sites is 1. The van der Waals surface area contributed by atoms with Gasteiger partial charge in [0.05, 0.1) is 0 Å². The highest BCUT2D eigenvalue weighted by atomic mass is 127. The van der Waals surface area contributed by atoms with Crippen LogP contribution in [-0.2, 0) is 13.0 Å². The standard InChI is InChI=1S/C23H31N5S.HI/c1-24-23(25-11-8-19-16-26-22-7-3-2-6-21(19)22)27-15-18-9-12-28(13-10-18)17-20-5-4-14-29-20;/h2-7,14,16,18,26H,8-13,15,17H2,1H3,(H2,24,25,27);1H. The number of fused-ring (bicyclic) bond motifs is 1. The van der Waals surface area contributed by atoms with Crippen LogP contribution in [0.4, 0.5) is 0 Å². The first kappa shape index (κ1) is 23.1. The van der Waals surface area contributed by atoms with Crippen LogP contribution in [0.15, 0.2) is 53.0 Å². The number of benzene rings is 1. The summed E-state index contributed by atoms with van der Waals surface area (Å²) in [6.45, 7) is 5.36. The molecule has 1 aliphatic rings. The van der Waals surface area contributed by atoms with Gasteiger partial charge in [-0.3, -0.25) is 9.89 Å². The molecule has 0 saturated carbocycles. The quantitative estimate of drug-likeness (QED) is 0.237. The van der Waals surface area contributed by atoms with Gasteiger partial charge < -0.3 is 15.6 Å². The first-order valence-corrected chi connectivity index (χ1v) is 11.4. The van der Waals surface area contributed by atoms with Crippen LogP contribution >= 0.6 is 35.3 Å². The topological polar surface area (TPSA) is 55.5 Å². The second kappa shape index (κ2) is 11.7. The van der Waals surface area contributed by atoms with E-state index in [1.807, 2.05) is 18.4 Å². The van der Waals surface area contributed by atoms with Gasteiger partial charge in [-0.15, -0.1) is 35.3 Å². The van der Waals surface area contributed by atoms with Crippen LogP contribution < -0.4 is 10.6 Å². The number of aliphatic imine (C=N–C) groups is 1. The summed E-state index contributed by atoms with van der Waals surface area (Å²) in [4.78, 5) is 11.8. The minimum atomic E-state index is 0. The van der Waals surface area contributed by atoms with Gasteiger partial charge >= 0.3 is 0 Å². The van der Waals surface area contributed by atoms with Crippen molar-refractivity contribution in [3.8, 4) is 0 Å². The molecule has 0 radical (unpaired) electrons. The number of likely N-dealkylation sites (tertiary alicyclic amines) is 1. The van der Waals surface area contributed by atoms with E-state index in [4.69, 9.17) is 0 Å². The third kappa shape index (κ3) is 6.21. The maximum atomic E-state index is 4.40. The van der Waals surface area contributed by atoms with Crippen LogP contribution in [0.1, 0.15) is 23.3 Å². The van der Waals surface area contributed by atoms with Crippen LogP contribution in [0.2, 0.25) is 0 Å². The monoisotopic (exact) mass is 537 g/mol. The number of halogens is 1. The Balaban J connectivity index is 0.00000256. The maximum absolute atomic E-state index is 4.40.